The summed E-state index contributed by atoms with van der Waals surface area (Å²) < 4.78 is 3.61. The molecule has 0 aromatic carbocycles. The van der Waals surface area contributed by atoms with Crippen LogP contribution in [0.5, 0.6) is 0 Å². The van der Waals surface area contributed by atoms with Gasteiger partial charge in [-0.2, -0.15) is 0 Å². The van der Waals surface area contributed by atoms with Crippen molar-refractivity contribution >= 4 is 28.2 Å². The van der Waals surface area contributed by atoms with Crippen LogP contribution < -0.4 is 0 Å². The van der Waals surface area contributed by atoms with Gasteiger partial charge in [-0.05, 0) is 36.7 Å². The van der Waals surface area contributed by atoms with Crippen molar-refractivity contribution in [3.8, 4) is 0 Å². The summed E-state index contributed by atoms with van der Waals surface area (Å²) in [5, 5.41) is 8.80. The van der Waals surface area contributed by atoms with Crippen LogP contribution in [0, 0.1) is 0 Å². The fraction of sp³-hybridized carbons (Fsp3) is 0.750. The molecule has 1 unspecified atom stereocenters. The molecule has 1 N–H and O–H groups in total. The number of ether oxygens (including phenoxy) is 1. The minimum Gasteiger partial charge on any atom is -0.478 e. The smallest absolute Gasteiger partial charge is 0.347 e. The molecule has 0 aliphatic carbocycles. The summed E-state index contributed by atoms with van der Waals surface area (Å²) in [5.41, 5.74) is -0.620. The first-order valence-corrected chi connectivity index (χ1v) is 4.57. The quantitative estimate of drug-likeness (QED) is 0.610. The van der Waals surface area contributed by atoms with E-state index in [-0.39, 0.29) is 6.42 Å². The monoisotopic (exact) mass is 252 g/mol. The summed E-state index contributed by atoms with van der Waals surface area (Å²) in [6.07, 6.45) is 0.286. The zero-order valence-corrected chi connectivity index (χ0v) is 9.42. The van der Waals surface area contributed by atoms with Gasteiger partial charge in [-0.1, -0.05) is 0 Å². The molecule has 0 radical (unpaired) electrons. The third kappa shape index (κ3) is 4.38. The minimum absolute atomic E-state index is 0.223. The Bertz CT molecular complexity index is 209. The Morgan fingerprint density at radius 2 is 2.00 bits per heavy atom. The Morgan fingerprint density at radius 3 is 2.23 bits per heavy atom. The maximum Gasteiger partial charge on any atom is 0.347 e. The van der Waals surface area contributed by atoms with Gasteiger partial charge in [0.1, 0.15) is 6.29 Å². The molecule has 13 heavy (non-hydrogen) atoms. The molecule has 0 spiro atoms. The standard InChI is InChI=1S/C8H13BrO4/c1-7(2,3)13-8(9,4-5-10)6(11)12/h5H,4H2,1-3H3,(H,11,12). The van der Waals surface area contributed by atoms with Crippen molar-refractivity contribution in [3.63, 3.8) is 0 Å². The Morgan fingerprint density at radius 1 is 1.54 bits per heavy atom. The van der Waals surface area contributed by atoms with Gasteiger partial charge >= 0.3 is 5.97 Å². The van der Waals surface area contributed by atoms with Crippen molar-refractivity contribution in [1.82, 2.24) is 0 Å². The normalized spacial score (nSPS) is 16.3. The van der Waals surface area contributed by atoms with E-state index >= 15 is 0 Å². The molecular formula is C8H13BrO4. The first-order valence-electron chi connectivity index (χ1n) is 3.77. The number of alkyl halides is 1. The molecule has 0 heterocycles. The topological polar surface area (TPSA) is 63.6 Å². The molecule has 0 saturated carbocycles. The Hall–Kier alpha value is -0.420. The SMILES string of the molecule is CC(C)(C)OC(Br)(CC=O)C(=O)O. The van der Waals surface area contributed by atoms with E-state index in [1.165, 1.54) is 0 Å². The van der Waals surface area contributed by atoms with Gasteiger partial charge in [0.2, 0.25) is 4.51 Å². The molecule has 0 bridgehead atoms. The Kier molecular flexibility index (Phi) is 4.06. The van der Waals surface area contributed by atoms with Crippen LogP contribution >= 0.6 is 15.9 Å². The number of aldehydes is 1. The molecule has 0 aliphatic rings. The van der Waals surface area contributed by atoms with Crippen LogP contribution in [0.1, 0.15) is 27.2 Å². The largest absolute Gasteiger partial charge is 0.478 e. The van der Waals surface area contributed by atoms with E-state index < -0.39 is 16.1 Å². The first kappa shape index (κ1) is 12.6. The zero-order chi connectivity index (χ0) is 10.7. The Labute approximate surface area is 85.4 Å². The van der Waals surface area contributed by atoms with E-state index in [9.17, 15) is 9.59 Å². The van der Waals surface area contributed by atoms with E-state index in [1.807, 2.05) is 0 Å². The van der Waals surface area contributed by atoms with Gasteiger partial charge in [-0.25, -0.2) is 4.79 Å². The fourth-order valence-corrected chi connectivity index (χ4v) is 1.38. The molecule has 0 aliphatic heterocycles. The van der Waals surface area contributed by atoms with E-state index in [1.54, 1.807) is 20.8 Å². The number of carboxylic acid groups (broad SMARTS) is 1. The lowest BCUT2D eigenvalue weighted by Gasteiger charge is -2.30. The molecule has 0 rings (SSSR count). The summed E-state index contributed by atoms with van der Waals surface area (Å²) in [6, 6.07) is 0. The fourth-order valence-electron chi connectivity index (χ4n) is 0.765. The number of halogens is 1. The van der Waals surface area contributed by atoms with E-state index in [2.05, 4.69) is 15.9 Å². The minimum atomic E-state index is -1.60. The second kappa shape index (κ2) is 4.19. The number of carboxylic acids is 1. The highest BCUT2D eigenvalue weighted by molar-refractivity contribution is 9.10. The highest BCUT2D eigenvalue weighted by Gasteiger charge is 2.40. The highest BCUT2D eigenvalue weighted by atomic mass is 79.9. The summed E-state index contributed by atoms with van der Waals surface area (Å²) >= 11 is 2.89. The van der Waals surface area contributed by atoms with Crippen LogP contribution in [0.15, 0.2) is 0 Å². The predicted molar refractivity (Wildman–Crippen MR) is 50.8 cm³/mol. The van der Waals surface area contributed by atoms with Crippen LogP contribution in [0.3, 0.4) is 0 Å². The molecule has 5 heteroatoms. The number of carbonyl (C=O) groups excluding carboxylic acids is 1. The summed E-state index contributed by atoms with van der Waals surface area (Å²) in [4.78, 5) is 21.0. The van der Waals surface area contributed by atoms with Crippen molar-refractivity contribution in [2.75, 3.05) is 0 Å². The van der Waals surface area contributed by atoms with Gasteiger partial charge in [0.25, 0.3) is 0 Å². The molecule has 1 atom stereocenters. The van der Waals surface area contributed by atoms with Crippen molar-refractivity contribution in [3.05, 3.63) is 0 Å². The van der Waals surface area contributed by atoms with Gasteiger partial charge in [0.05, 0.1) is 12.0 Å². The molecule has 0 saturated heterocycles. The number of carbonyl (C=O) groups is 2. The van der Waals surface area contributed by atoms with Gasteiger partial charge in [0.15, 0.2) is 0 Å². The number of hydrogen-bond acceptors (Lipinski definition) is 3. The van der Waals surface area contributed by atoms with E-state index in [0.29, 0.717) is 6.29 Å². The van der Waals surface area contributed by atoms with Crippen LogP contribution in [-0.2, 0) is 14.3 Å². The van der Waals surface area contributed by atoms with Crippen LogP contribution in [0.2, 0.25) is 0 Å². The van der Waals surface area contributed by atoms with Gasteiger partial charge < -0.3 is 14.6 Å². The molecule has 0 aromatic rings. The molecule has 0 aromatic heterocycles. The Balaban J connectivity index is 4.60. The molecule has 76 valence electrons. The second-order valence-electron chi connectivity index (χ2n) is 3.62. The van der Waals surface area contributed by atoms with Gasteiger partial charge in [-0.3, -0.25) is 0 Å². The molecule has 0 fully saturated rings. The van der Waals surface area contributed by atoms with Crippen molar-refractivity contribution in [2.24, 2.45) is 0 Å². The van der Waals surface area contributed by atoms with E-state index in [0.717, 1.165) is 0 Å². The van der Waals surface area contributed by atoms with E-state index in [4.69, 9.17) is 9.84 Å². The number of rotatable bonds is 4. The van der Waals surface area contributed by atoms with Crippen molar-refractivity contribution in [1.29, 1.82) is 0 Å². The average Bonchev–Trinajstić information content (AvgIpc) is 1.82. The third-order valence-corrected chi connectivity index (χ3v) is 1.96. The van der Waals surface area contributed by atoms with Crippen molar-refractivity contribution < 1.29 is 19.4 Å². The lowest BCUT2D eigenvalue weighted by Crippen LogP contribution is -2.41. The lowest BCUT2D eigenvalue weighted by atomic mass is 10.1. The van der Waals surface area contributed by atoms with Crippen LogP contribution in [0.4, 0.5) is 0 Å². The maximum absolute atomic E-state index is 10.8. The van der Waals surface area contributed by atoms with Crippen molar-refractivity contribution in [2.45, 2.75) is 37.3 Å². The average molecular weight is 253 g/mol. The summed E-state index contributed by atoms with van der Waals surface area (Å²) in [7, 11) is 0. The second-order valence-corrected chi connectivity index (χ2v) is 4.90. The molecular weight excluding hydrogens is 240 g/mol. The van der Waals surface area contributed by atoms with Gasteiger partial charge in [-0.15, -0.1) is 0 Å². The maximum atomic E-state index is 10.8. The highest BCUT2D eigenvalue weighted by Crippen LogP contribution is 2.29. The predicted octanol–water partition coefficient (Wildman–Crippen LogP) is 1.57. The molecule has 0 amide bonds. The lowest BCUT2D eigenvalue weighted by molar-refractivity contribution is -0.165. The third-order valence-electron chi connectivity index (χ3n) is 1.13. The first-order chi connectivity index (χ1) is 5.71. The summed E-state index contributed by atoms with van der Waals surface area (Å²) in [6.45, 7) is 5.16. The van der Waals surface area contributed by atoms with Crippen LogP contribution in [0.25, 0.3) is 0 Å². The van der Waals surface area contributed by atoms with Crippen LogP contribution in [-0.4, -0.2) is 27.5 Å². The van der Waals surface area contributed by atoms with Gasteiger partial charge in [0, 0.05) is 0 Å². The molecule has 4 nitrogen and oxygen atoms in total. The number of aliphatic carboxylic acids is 1. The zero-order valence-electron chi connectivity index (χ0n) is 7.83. The summed E-state index contributed by atoms with van der Waals surface area (Å²) in [5.74, 6) is -1.20. The number of hydrogen-bond donors (Lipinski definition) is 1.